The van der Waals surface area contributed by atoms with Crippen LogP contribution >= 0.6 is 0 Å². The fourth-order valence-electron chi connectivity index (χ4n) is 1.06. The van der Waals surface area contributed by atoms with E-state index in [-0.39, 0.29) is 0 Å². The predicted octanol–water partition coefficient (Wildman–Crippen LogP) is -0.165. The van der Waals surface area contributed by atoms with E-state index in [0.717, 1.165) is 31.5 Å². The van der Waals surface area contributed by atoms with Gasteiger partial charge in [-0.2, -0.15) is 0 Å². The molecule has 0 amide bonds. The van der Waals surface area contributed by atoms with Crippen molar-refractivity contribution in [1.82, 2.24) is 16.0 Å². The van der Waals surface area contributed by atoms with Crippen LogP contribution in [0.2, 0.25) is 0 Å². The van der Waals surface area contributed by atoms with Crippen LogP contribution in [0, 0.1) is 0 Å². The van der Waals surface area contributed by atoms with Gasteiger partial charge in [-0.1, -0.05) is 0 Å². The Balaban J connectivity index is 4.33. The number of hydrogen-bond acceptors (Lipinski definition) is 4. The molecule has 0 aliphatic rings. The molecular weight excluding hydrogens is 166 g/mol. The molecule has 0 saturated heterocycles. The fourth-order valence-corrected chi connectivity index (χ4v) is 1.06. The number of likely N-dealkylation sites (N-methyl/N-ethyl adjacent to an activating group) is 1. The van der Waals surface area contributed by atoms with Gasteiger partial charge in [-0.25, -0.2) is 0 Å². The van der Waals surface area contributed by atoms with Crippen molar-refractivity contribution in [2.75, 3.05) is 27.2 Å². The summed E-state index contributed by atoms with van der Waals surface area (Å²) < 4.78 is 0. The lowest BCUT2D eigenvalue weighted by molar-refractivity contribution is -0.105. The van der Waals surface area contributed by atoms with Crippen LogP contribution in [0.25, 0.3) is 0 Å². The Morgan fingerprint density at radius 2 is 2.08 bits per heavy atom. The van der Waals surface area contributed by atoms with Gasteiger partial charge < -0.3 is 16.0 Å². The first-order chi connectivity index (χ1) is 6.29. The van der Waals surface area contributed by atoms with E-state index in [0.29, 0.717) is 5.70 Å². The molecule has 0 aromatic rings. The van der Waals surface area contributed by atoms with Crippen molar-refractivity contribution in [2.24, 2.45) is 0 Å². The number of carbonyl (C=O) groups excluding carboxylic acids is 1. The molecule has 0 fully saturated rings. The van der Waals surface area contributed by atoms with E-state index in [9.17, 15) is 4.79 Å². The third kappa shape index (κ3) is 4.52. The van der Waals surface area contributed by atoms with Gasteiger partial charge >= 0.3 is 0 Å². The molecule has 76 valence electrons. The van der Waals surface area contributed by atoms with Crippen molar-refractivity contribution in [3.05, 3.63) is 11.4 Å². The molecule has 0 saturated carbocycles. The number of allylic oxidation sites excluding steroid dienone is 1. The van der Waals surface area contributed by atoms with E-state index < -0.39 is 0 Å². The summed E-state index contributed by atoms with van der Waals surface area (Å²) in [5.74, 6) is 0. The second kappa shape index (κ2) is 7.61. The summed E-state index contributed by atoms with van der Waals surface area (Å²) in [4.78, 5) is 10.6. The molecule has 0 heterocycles. The number of aldehydes is 1. The smallest absolute Gasteiger partial charge is 0.167 e. The highest BCUT2D eigenvalue weighted by Crippen LogP contribution is 1.99. The fraction of sp³-hybridized carbons (Fsp3) is 0.667. The summed E-state index contributed by atoms with van der Waals surface area (Å²) in [6.45, 7) is 3.71. The predicted molar refractivity (Wildman–Crippen MR) is 54.4 cm³/mol. The molecule has 0 rings (SSSR count). The molecule has 0 aromatic heterocycles. The summed E-state index contributed by atoms with van der Waals surface area (Å²) >= 11 is 0. The highest BCUT2D eigenvalue weighted by atomic mass is 16.1. The zero-order valence-electron chi connectivity index (χ0n) is 8.61. The van der Waals surface area contributed by atoms with Crippen LogP contribution in [0.4, 0.5) is 0 Å². The maximum Gasteiger partial charge on any atom is 0.167 e. The number of nitrogens with one attached hydrogen (secondary N) is 3. The third-order valence-corrected chi connectivity index (χ3v) is 1.73. The van der Waals surface area contributed by atoms with Crippen LogP contribution < -0.4 is 16.0 Å². The molecule has 0 aliphatic carbocycles. The maximum atomic E-state index is 10.6. The van der Waals surface area contributed by atoms with Gasteiger partial charge in [-0.15, -0.1) is 0 Å². The Morgan fingerprint density at radius 1 is 1.38 bits per heavy atom. The third-order valence-electron chi connectivity index (χ3n) is 1.73. The van der Waals surface area contributed by atoms with Crippen LogP contribution in [-0.2, 0) is 4.79 Å². The molecule has 13 heavy (non-hydrogen) atoms. The van der Waals surface area contributed by atoms with E-state index in [2.05, 4.69) is 16.0 Å². The Bertz CT molecular complexity index is 178. The van der Waals surface area contributed by atoms with E-state index in [1.807, 2.05) is 14.0 Å². The van der Waals surface area contributed by atoms with Crippen molar-refractivity contribution in [3.8, 4) is 0 Å². The monoisotopic (exact) mass is 185 g/mol. The van der Waals surface area contributed by atoms with Crippen LogP contribution in [0.15, 0.2) is 11.4 Å². The van der Waals surface area contributed by atoms with Gasteiger partial charge in [0.15, 0.2) is 6.29 Å². The van der Waals surface area contributed by atoms with Crippen LogP contribution in [0.3, 0.4) is 0 Å². The molecule has 0 atom stereocenters. The minimum atomic E-state index is 0.636. The van der Waals surface area contributed by atoms with Crippen molar-refractivity contribution in [3.63, 3.8) is 0 Å². The second-order valence-electron chi connectivity index (χ2n) is 2.64. The van der Waals surface area contributed by atoms with Gasteiger partial charge in [0.1, 0.15) is 0 Å². The molecule has 0 spiro atoms. The normalized spacial score (nSPS) is 11.9. The van der Waals surface area contributed by atoms with Gasteiger partial charge in [0.2, 0.25) is 0 Å². The second-order valence-corrected chi connectivity index (χ2v) is 2.64. The van der Waals surface area contributed by atoms with Crippen molar-refractivity contribution in [2.45, 2.75) is 13.3 Å². The highest BCUT2D eigenvalue weighted by Gasteiger charge is 2.02. The maximum absolute atomic E-state index is 10.6. The van der Waals surface area contributed by atoms with E-state index in [4.69, 9.17) is 0 Å². The summed E-state index contributed by atoms with van der Waals surface area (Å²) in [6, 6.07) is 0. The molecule has 3 N–H and O–H groups in total. The Morgan fingerprint density at radius 3 is 2.46 bits per heavy atom. The van der Waals surface area contributed by atoms with E-state index >= 15 is 0 Å². The topological polar surface area (TPSA) is 53.2 Å². The lowest BCUT2D eigenvalue weighted by atomic mass is 10.2. The van der Waals surface area contributed by atoms with Crippen molar-refractivity contribution >= 4 is 6.29 Å². The Hall–Kier alpha value is -1.03. The molecule has 0 aliphatic heterocycles. The molecule has 0 radical (unpaired) electrons. The average molecular weight is 185 g/mol. The lowest BCUT2D eigenvalue weighted by Gasteiger charge is -2.12. The first-order valence-electron chi connectivity index (χ1n) is 4.54. The first kappa shape index (κ1) is 12.0. The quantitative estimate of drug-likeness (QED) is 0.381. The molecule has 4 nitrogen and oxygen atoms in total. The zero-order chi connectivity index (χ0) is 10.1. The minimum Gasteiger partial charge on any atom is -0.387 e. The van der Waals surface area contributed by atoms with E-state index in [1.54, 1.807) is 7.05 Å². The average Bonchev–Trinajstić information content (AvgIpc) is 2.16. The van der Waals surface area contributed by atoms with Crippen LogP contribution in [0.1, 0.15) is 13.3 Å². The molecule has 0 unspecified atom stereocenters. The molecule has 4 heteroatoms. The van der Waals surface area contributed by atoms with Gasteiger partial charge in [0.25, 0.3) is 0 Å². The lowest BCUT2D eigenvalue weighted by Crippen LogP contribution is -2.23. The SMILES string of the molecule is CCN/C(CCNC)=C(\C=O)NC. The number of hydrogen-bond donors (Lipinski definition) is 3. The summed E-state index contributed by atoms with van der Waals surface area (Å²) in [5, 5.41) is 9.07. The Labute approximate surface area is 79.8 Å². The number of rotatable bonds is 7. The van der Waals surface area contributed by atoms with Gasteiger partial charge in [-0.3, -0.25) is 4.79 Å². The Kier molecular flexibility index (Phi) is 7.01. The van der Waals surface area contributed by atoms with Crippen LogP contribution in [0.5, 0.6) is 0 Å². The zero-order valence-corrected chi connectivity index (χ0v) is 8.61. The van der Waals surface area contributed by atoms with Gasteiger partial charge in [0, 0.05) is 32.3 Å². The summed E-state index contributed by atoms with van der Waals surface area (Å²) in [5.41, 5.74) is 1.60. The van der Waals surface area contributed by atoms with Crippen molar-refractivity contribution < 1.29 is 4.79 Å². The van der Waals surface area contributed by atoms with Crippen molar-refractivity contribution in [1.29, 1.82) is 0 Å². The largest absolute Gasteiger partial charge is 0.387 e. The first-order valence-corrected chi connectivity index (χ1v) is 4.54. The van der Waals surface area contributed by atoms with Crippen LogP contribution in [-0.4, -0.2) is 33.5 Å². The summed E-state index contributed by atoms with van der Waals surface area (Å²) in [6.07, 6.45) is 1.67. The minimum absolute atomic E-state index is 0.636. The molecular formula is C9H19N3O. The van der Waals surface area contributed by atoms with Gasteiger partial charge in [0.05, 0.1) is 5.70 Å². The highest BCUT2D eigenvalue weighted by molar-refractivity contribution is 5.73. The molecule has 0 bridgehead atoms. The van der Waals surface area contributed by atoms with E-state index in [1.165, 1.54) is 0 Å². The molecule has 0 aromatic carbocycles. The van der Waals surface area contributed by atoms with Gasteiger partial charge in [-0.05, 0) is 14.0 Å². The standard InChI is InChI=1S/C9H19N3O/c1-4-12-8(5-6-10-2)9(7-13)11-3/h7,10-12H,4-6H2,1-3H3/b9-8+. The summed E-state index contributed by atoms with van der Waals surface area (Å²) in [7, 11) is 3.64. The number of carbonyl (C=O) groups is 1.